The highest BCUT2D eigenvalue weighted by molar-refractivity contribution is 5.96. The molecule has 2 N–H and O–H groups in total. The summed E-state index contributed by atoms with van der Waals surface area (Å²) in [6.07, 6.45) is 1.54. The standard InChI is InChI=1S/C11H15N3O2/c1-7(2)5-14-10(15)6-16-9-3-8(12)4-13-11(9)14/h3-4,7H,5-6,12H2,1-2H3. The zero-order valence-electron chi connectivity index (χ0n) is 9.43. The average Bonchev–Trinajstić information content (AvgIpc) is 2.22. The molecule has 86 valence electrons. The van der Waals surface area contributed by atoms with Crippen LogP contribution in [0.5, 0.6) is 5.75 Å². The van der Waals surface area contributed by atoms with Crippen molar-refractivity contribution in [3.8, 4) is 5.75 Å². The fourth-order valence-electron chi connectivity index (χ4n) is 1.65. The number of carbonyl (C=O) groups is 1. The number of hydrogen-bond donors (Lipinski definition) is 1. The number of amides is 1. The zero-order chi connectivity index (χ0) is 11.7. The number of nitrogen functional groups attached to an aromatic ring is 1. The second-order valence-electron chi connectivity index (χ2n) is 4.28. The minimum atomic E-state index is -0.0570. The van der Waals surface area contributed by atoms with Crippen LogP contribution in [-0.4, -0.2) is 24.0 Å². The molecule has 2 heterocycles. The fraction of sp³-hybridized carbons (Fsp3) is 0.455. The van der Waals surface area contributed by atoms with Gasteiger partial charge < -0.3 is 10.5 Å². The molecule has 0 spiro atoms. The van der Waals surface area contributed by atoms with Crippen LogP contribution < -0.4 is 15.4 Å². The predicted octanol–water partition coefficient (Wildman–Crippen LogP) is 1.05. The lowest BCUT2D eigenvalue weighted by molar-refractivity contribution is -0.121. The first-order valence-electron chi connectivity index (χ1n) is 5.26. The molecule has 0 bridgehead atoms. The first-order chi connectivity index (χ1) is 7.58. The van der Waals surface area contributed by atoms with Crippen molar-refractivity contribution >= 4 is 17.4 Å². The Hall–Kier alpha value is -1.78. The van der Waals surface area contributed by atoms with Crippen molar-refractivity contribution in [1.29, 1.82) is 0 Å². The molecule has 1 aliphatic heterocycles. The lowest BCUT2D eigenvalue weighted by Gasteiger charge is -2.29. The Labute approximate surface area is 94.2 Å². The molecule has 0 unspecified atom stereocenters. The van der Waals surface area contributed by atoms with Gasteiger partial charge in [-0.25, -0.2) is 4.98 Å². The summed E-state index contributed by atoms with van der Waals surface area (Å²) < 4.78 is 5.29. The van der Waals surface area contributed by atoms with Crippen molar-refractivity contribution < 1.29 is 9.53 Å². The lowest BCUT2D eigenvalue weighted by Crippen LogP contribution is -2.41. The summed E-state index contributed by atoms with van der Waals surface area (Å²) in [7, 11) is 0. The van der Waals surface area contributed by atoms with Gasteiger partial charge in [-0.1, -0.05) is 13.8 Å². The van der Waals surface area contributed by atoms with Crippen LogP contribution in [0.3, 0.4) is 0 Å². The number of hydrogen-bond acceptors (Lipinski definition) is 4. The van der Waals surface area contributed by atoms with E-state index in [0.717, 1.165) is 0 Å². The van der Waals surface area contributed by atoms with Gasteiger partial charge in [0.2, 0.25) is 0 Å². The minimum absolute atomic E-state index is 0.0570. The van der Waals surface area contributed by atoms with Crippen LogP contribution in [0, 0.1) is 5.92 Å². The van der Waals surface area contributed by atoms with Crippen molar-refractivity contribution in [2.75, 3.05) is 23.8 Å². The van der Waals surface area contributed by atoms with E-state index in [1.165, 1.54) is 6.20 Å². The maximum atomic E-state index is 11.7. The van der Waals surface area contributed by atoms with E-state index < -0.39 is 0 Å². The van der Waals surface area contributed by atoms with Gasteiger partial charge in [0.1, 0.15) is 0 Å². The Morgan fingerprint density at radius 3 is 3.06 bits per heavy atom. The molecule has 0 radical (unpaired) electrons. The number of pyridine rings is 1. The average molecular weight is 221 g/mol. The maximum Gasteiger partial charge on any atom is 0.266 e. The molecule has 0 saturated heterocycles. The molecule has 5 nitrogen and oxygen atoms in total. The van der Waals surface area contributed by atoms with E-state index in [1.807, 2.05) is 0 Å². The Morgan fingerprint density at radius 2 is 2.38 bits per heavy atom. The largest absolute Gasteiger partial charge is 0.480 e. The van der Waals surface area contributed by atoms with E-state index in [2.05, 4.69) is 18.8 Å². The highest BCUT2D eigenvalue weighted by Crippen LogP contribution is 2.31. The first kappa shape index (κ1) is 10.7. The number of nitrogens with zero attached hydrogens (tertiary/aromatic N) is 2. The minimum Gasteiger partial charge on any atom is -0.480 e. The molecule has 1 aliphatic rings. The SMILES string of the molecule is CC(C)CN1C(=O)COc2cc(N)cnc21. The highest BCUT2D eigenvalue weighted by atomic mass is 16.5. The molecule has 0 atom stereocenters. The third-order valence-electron chi connectivity index (χ3n) is 2.31. The van der Waals surface area contributed by atoms with Crippen LogP contribution in [0.2, 0.25) is 0 Å². The smallest absolute Gasteiger partial charge is 0.266 e. The molecule has 16 heavy (non-hydrogen) atoms. The zero-order valence-corrected chi connectivity index (χ0v) is 9.43. The normalized spacial score (nSPS) is 14.9. The van der Waals surface area contributed by atoms with E-state index in [-0.39, 0.29) is 12.5 Å². The third kappa shape index (κ3) is 1.93. The van der Waals surface area contributed by atoms with Crippen molar-refractivity contribution in [2.24, 2.45) is 5.92 Å². The lowest BCUT2D eigenvalue weighted by atomic mass is 10.2. The number of rotatable bonds is 2. The number of aromatic nitrogens is 1. The van der Waals surface area contributed by atoms with Crippen LogP contribution >= 0.6 is 0 Å². The van der Waals surface area contributed by atoms with Crippen molar-refractivity contribution in [1.82, 2.24) is 4.98 Å². The van der Waals surface area contributed by atoms with Crippen LogP contribution in [0.15, 0.2) is 12.3 Å². The second-order valence-corrected chi connectivity index (χ2v) is 4.28. The molecular weight excluding hydrogens is 206 g/mol. The van der Waals surface area contributed by atoms with Crippen LogP contribution in [-0.2, 0) is 4.79 Å². The van der Waals surface area contributed by atoms with Crippen LogP contribution in [0.25, 0.3) is 0 Å². The quantitative estimate of drug-likeness (QED) is 0.810. The predicted molar refractivity (Wildman–Crippen MR) is 61.3 cm³/mol. The number of anilines is 2. The van der Waals surface area contributed by atoms with Crippen molar-refractivity contribution in [3.05, 3.63) is 12.3 Å². The van der Waals surface area contributed by atoms with Gasteiger partial charge in [-0.05, 0) is 5.92 Å². The van der Waals surface area contributed by atoms with E-state index in [9.17, 15) is 4.79 Å². The maximum absolute atomic E-state index is 11.7. The second kappa shape index (κ2) is 4.00. The van der Waals surface area contributed by atoms with E-state index in [1.54, 1.807) is 11.0 Å². The molecule has 1 aromatic rings. The Bertz CT molecular complexity index is 418. The van der Waals surface area contributed by atoms with Gasteiger partial charge >= 0.3 is 0 Å². The molecular formula is C11H15N3O2. The van der Waals surface area contributed by atoms with Gasteiger partial charge in [-0.3, -0.25) is 9.69 Å². The molecule has 5 heteroatoms. The fourth-order valence-corrected chi connectivity index (χ4v) is 1.65. The van der Waals surface area contributed by atoms with Gasteiger partial charge in [-0.2, -0.15) is 0 Å². The van der Waals surface area contributed by atoms with E-state index >= 15 is 0 Å². The van der Waals surface area contributed by atoms with Crippen LogP contribution in [0.4, 0.5) is 11.5 Å². The molecule has 0 fully saturated rings. The number of nitrogens with two attached hydrogens (primary N) is 1. The monoisotopic (exact) mass is 221 g/mol. The number of fused-ring (bicyclic) bond motifs is 1. The summed E-state index contributed by atoms with van der Waals surface area (Å²) >= 11 is 0. The van der Waals surface area contributed by atoms with Crippen LogP contribution in [0.1, 0.15) is 13.8 Å². The first-order valence-corrected chi connectivity index (χ1v) is 5.26. The van der Waals surface area contributed by atoms with Gasteiger partial charge in [0, 0.05) is 12.6 Å². The summed E-state index contributed by atoms with van der Waals surface area (Å²) in [6.45, 7) is 4.82. The van der Waals surface area contributed by atoms with E-state index in [4.69, 9.17) is 10.5 Å². The third-order valence-corrected chi connectivity index (χ3v) is 2.31. The van der Waals surface area contributed by atoms with Gasteiger partial charge in [0.05, 0.1) is 11.9 Å². The summed E-state index contributed by atoms with van der Waals surface area (Å²) in [5, 5.41) is 0. The summed E-state index contributed by atoms with van der Waals surface area (Å²) in [5.74, 6) is 1.48. The van der Waals surface area contributed by atoms with Crippen molar-refractivity contribution in [3.63, 3.8) is 0 Å². The van der Waals surface area contributed by atoms with Gasteiger partial charge in [0.25, 0.3) is 5.91 Å². The van der Waals surface area contributed by atoms with Crippen molar-refractivity contribution in [2.45, 2.75) is 13.8 Å². The Kier molecular flexibility index (Phi) is 2.68. The molecule has 0 saturated carbocycles. The molecule has 1 aromatic heterocycles. The molecule has 2 rings (SSSR count). The number of carbonyl (C=O) groups excluding carboxylic acids is 1. The van der Waals surface area contributed by atoms with Gasteiger partial charge in [-0.15, -0.1) is 0 Å². The summed E-state index contributed by atoms with van der Waals surface area (Å²) in [5.41, 5.74) is 6.16. The van der Waals surface area contributed by atoms with E-state index in [0.29, 0.717) is 29.7 Å². The Morgan fingerprint density at radius 1 is 1.62 bits per heavy atom. The molecule has 0 aliphatic carbocycles. The number of ether oxygens (including phenoxy) is 1. The molecule has 1 amide bonds. The summed E-state index contributed by atoms with van der Waals surface area (Å²) in [4.78, 5) is 17.5. The van der Waals surface area contributed by atoms with Gasteiger partial charge in [0.15, 0.2) is 18.2 Å². The highest BCUT2D eigenvalue weighted by Gasteiger charge is 2.27. The topological polar surface area (TPSA) is 68.5 Å². The molecule has 0 aromatic carbocycles. The summed E-state index contributed by atoms with van der Waals surface area (Å²) in [6, 6.07) is 1.70. The Balaban J connectivity index is 2.36.